The first kappa shape index (κ1) is 24.8. The highest BCUT2D eigenvalue weighted by Gasteiger charge is 2.33. The maximum Gasteiger partial charge on any atom is 0.408 e. The summed E-state index contributed by atoms with van der Waals surface area (Å²) in [5.41, 5.74) is -1.20. The molecule has 0 saturated heterocycles. The number of carbonyl (C=O) groups is 3. The maximum absolute atomic E-state index is 12.8. The van der Waals surface area contributed by atoms with Crippen LogP contribution in [0.3, 0.4) is 0 Å². The number of amides is 2. The Labute approximate surface area is 162 Å². The molecule has 0 rings (SSSR count). The molecule has 0 aromatic rings. The van der Waals surface area contributed by atoms with Crippen LogP contribution in [0.4, 0.5) is 4.79 Å². The van der Waals surface area contributed by atoms with E-state index in [1.54, 1.807) is 32.5 Å². The number of alkyl carbamates (subject to hydrolysis) is 1. The summed E-state index contributed by atoms with van der Waals surface area (Å²) in [5.74, 6) is 0.237. The molecular formula is C19H36N2O4S. The average Bonchev–Trinajstić information content (AvgIpc) is 2.44. The molecule has 2 amide bonds. The van der Waals surface area contributed by atoms with Gasteiger partial charge in [0.15, 0.2) is 5.78 Å². The second-order valence-electron chi connectivity index (χ2n) is 8.82. The SMILES string of the molecule is CSCCC(NC(=O)C(NC(=O)OC(C)(C)C)C(C)C)C(=O)C(C)(C)C. The van der Waals surface area contributed by atoms with Crippen LogP contribution in [0, 0.1) is 11.3 Å². The Hall–Kier alpha value is -1.24. The van der Waals surface area contributed by atoms with E-state index in [1.165, 1.54) is 0 Å². The second-order valence-corrected chi connectivity index (χ2v) is 9.81. The molecule has 0 aliphatic heterocycles. The molecule has 6 nitrogen and oxygen atoms in total. The highest BCUT2D eigenvalue weighted by atomic mass is 32.2. The summed E-state index contributed by atoms with van der Waals surface area (Å²) in [6.45, 7) is 14.5. The summed E-state index contributed by atoms with van der Waals surface area (Å²) in [4.78, 5) is 37.5. The summed E-state index contributed by atoms with van der Waals surface area (Å²) < 4.78 is 5.24. The topological polar surface area (TPSA) is 84.5 Å². The van der Waals surface area contributed by atoms with Crippen molar-refractivity contribution >= 4 is 29.5 Å². The molecule has 0 heterocycles. The van der Waals surface area contributed by atoms with Crippen LogP contribution in [-0.2, 0) is 14.3 Å². The summed E-state index contributed by atoms with van der Waals surface area (Å²) in [5, 5.41) is 5.46. The normalized spacial score (nSPS) is 14.5. The van der Waals surface area contributed by atoms with Gasteiger partial charge in [-0.05, 0) is 45.1 Å². The molecule has 0 aromatic heterocycles. The fourth-order valence-corrected chi connectivity index (χ4v) is 2.73. The van der Waals surface area contributed by atoms with Gasteiger partial charge in [-0.25, -0.2) is 4.79 Å². The molecule has 0 aliphatic carbocycles. The molecule has 0 saturated carbocycles. The van der Waals surface area contributed by atoms with Crippen LogP contribution in [0.15, 0.2) is 0 Å². The van der Waals surface area contributed by atoms with Crippen molar-refractivity contribution in [3.05, 3.63) is 0 Å². The van der Waals surface area contributed by atoms with E-state index in [1.807, 2.05) is 40.9 Å². The molecule has 0 spiro atoms. The van der Waals surface area contributed by atoms with Gasteiger partial charge in [0.2, 0.25) is 5.91 Å². The zero-order valence-corrected chi connectivity index (χ0v) is 18.5. The Morgan fingerprint density at radius 3 is 1.92 bits per heavy atom. The van der Waals surface area contributed by atoms with Gasteiger partial charge in [0.05, 0.1) is 6.04 Å². The first-order chi connectivity index (χ1) is 11.7. The molecule has 0 aliphatic rings. The molecule has 26 heavy (non-hydrogen) atoms. The first-order valence-electron chi connectivity index (χ1n) is 9.02. The van der Waals surface area contributed by atoms with E-state index in [2.05, 4.69) is 10.6 Å². The van der Waals surface area contributed by atoms with Crippen molar-refractivity contribution in [2.24, 2.45) is 11.3 Å². The number of ether oxygens (including phenoxy) is 1. The van der Waals surface area contributed by atoms with Crippen LogP contribution in [0.5, 0.6) is 0 Å². The van der Waals surface area contributed by atoms with Crippen LogP contribution < -0.4 is 10.6 Å². The largest absolute Gasteiger partial charge is 0.444 e. The molecule has 0 radical (unpaired) electrons. The third kappa shape index (κ3) is 9.46. The molecule has 2 atom stereocenters. The van der Waals surface area contributed by atoms with Crippen LogP contribution in [0.1, 0.15) is 61.8 Å². The summed E-state index contributed by atoms with van der Waals surface area (Å²) in [7, 11) is 0. The Morgan fingerprint density at radius 1 is 1.00 bits per heavy atom. The Bertz CT molecular complexity index is 493. The minimum absolute atomic E-state index is 0.0142. The first-order valence-corrected chi connectivity index (χ1v) is 10.4. The quantitative estimate of drug-likeness (QED) is 0.666. The third-order valence-corrected chi connectivity index (χ3v) is 4.25. The molecule has 2 unspecified atom stereocenters. The zero-order chi connectivity index (χ0) is 20.7. The number of hydrogen-bond donors (Lipinski definition) is 2. The number of thioether (sulfide) groups is 1. The summed E-state index contributed by atoms with van der Waals surface area (Å²) in [6, 6.07) is -1.34. The third-order valence-electron chi connectivity index (χ3n) is 3.60. The molecular weight excluding hydrogens is 352 g/mol. The lowest BCUT2D eigenvalue weighted by molar-refractivity contribution is -0.133. The second kappa shape index (κ2) is 10.2. The number of carbonyl (C=O) groups excluding carboxylic acids is 3. The fraction of sp³-hybridized carbons (Fsp3) is 0.842. The van der Waals surface area contributed by atoms with Crippen LogP contribution >= 0.6 is 11.8 Å². The van der Waals surface area contributed by atoms with Gasteiger partial charge in [-0.15, -0.1) is 0 Å². The van der Waals surface area contributed by atoms with Gasteiger partial charge in [0, 0.05) is 5.41 Å². The van der Waals surface area contributed by atoms with E-state index in [0.29, 0.717) is 6.42 Å². The molecule has 0 aromatic carbocycles. The van der Waals surface area contributed by atoms with E-state index in [-0.39, 0.29) is 17.6 Å². The average molecular weight is 389 g/mol. The van der Waals surface area contributed by atoms with E-state index in [0.717, 1.165) is 5.75 Å². The Balaban J connectivity index is 5.19. The van der Waals surface area contributed by atoms with Crippen molar-refractivity contribution in [1.82, 2.24) is 10.6 Å². The monoisotopic (exact) mass is 388 g/mol. The number of hydrogen-bond acceptors (Lipinski definition) is 5. The Kier molecular flexibility index (Phi) is 9.70. The lowest BCUT2D eigenvalue weighted by atomic mass is 9.85. The van der Waals surface area contributed by atoms with Crippen LogP contribution in [0.2, 0.25) is 0 Å². The lowest BCUT2D eigenvalue weighted by Crippen LogP contribution is -2.55. The number of Topliss-reactive ketones (excluding diaryl/α,β-unsaturated/α-hetero) is 1. The van der Waals surface area contributed by atoms with Gasteiger partial charge in [0.25, 0.3) is 0 Å². The van der Waals surface area contributed by atoms with Crippen molar-refractivity contribution < 1.29 is 19.1 Å². The minimum atomic E-state index is -0.769. The van der Waals surface area contributed by atoms with Gasteiger partial charge in [-0.2, -0.15) is 11.8 Å². The van der Waals surface area contributed by atoms with Gasteiger partial charge in [-0.3, -0.25) is 9.59 Å². The van der Waals surface area contributed by atoms with Gasteiger partial charge in [0.1, 0.15) is 11.6 Å². The predicted octanol–water partition coefficient (Wildman–Crippen LogP) is 3.39. The van der Waals surface area contributed by atoms with E-state index in [9.17, 15) is 14.4 Å². The molecule has 2 N–H and O–H groups in total. The van der Waals surface area contributed by atoms with E-state index < -0.39 is 29.2 Å². The minimum Gasteiger partial charge on any atom is -0.444 e. The molecule has 0 fully saturated rings. The van der Waals surface area contributed by atoms with Crippen LogP contribution in [0.25, 0.3) is 0 Å². The highest BCUT2D eigenvalue weighted by Crippen LogP contribution is 2.19. The van der Waals surface area contributed by atoms with Crippen molar-refractivity contribution in [3.63, 3.8) is 0 Å². The van der Waals surface area contributed by atoms with Gasteiger partial charge >= 0.3 is 6.09 Å². The smallest absolute Gasteiger partial charge is 0.408 e. The maximum atomic E-state index is 12.8. The van der Waals surface area contributed by atoms with Crippen LogP contribution in [-0.4, -0.2) is 47.5 Å². The van der Waals surface area contributed by atoms with Crippen molar-refractivity contribution in [3.8, 4) is 0 Å². The van der Waals surface area contributed by atoms with Gasteiger partial charge < -0.3 is 15.4 Å². The summed E-state index contributed by atoms with van der Waals surface area (Å²) >= 11 is 1.62. The predicted molar refractivity (Wildman–Crippen MR) is 107 cm³/mol. The van der Waals surface area contributed by atoms with E-state index in [4.69, 9.17) is 4.74 Å². The summed E-state index contributed by atoms with van der Waals surface area (Å²) in [6.07, 6.45) is 1.87. The zero-order valence-electron chi connectivity index (χ0n) is 17.7. The van der Waals surface area contributed by atoms with E-state index >= 15 is 0 Å². The van der Waals surface area contributed by atoms with Gasteiger partial charge in [-0.1, -0.05) is 34.6 Å². The molecule has 0 bridgehead atoms. The lowest BCUT2D eigenvalue weighted by Gasteiger charge is -2.29. The van der Waals surface area contributed by atoms with Crippen molar-refractivity contribution in [2.45, 2.75) is 79.5 Å². The highest BCUT2D eigenvalue weighted by molar-refractivity contribution is 7.98. The van der Waals surface area contributed by atoms with Crippen molar-refractivity contribution in [2.75, 3.05) is 12.0 Å². The number of nitrogens with one attached hydrogen (secondary N) is 2. The van der Waals surface area contributed by atoms with Crippen molar-refractivity contribution in [1.29, 1.82) is 0 Å². The standard InChI is InChI=1S/C19H36N2O4S/c1-12(2)14(21-17(24)25-19(6,7)8)16(23)20-13(10-11-26-9)15(22)18(3,4)5/h12-14H,10-11H2,1-9H3,(H,20,23)(H,21,24). The molecule has 152 valence electrons. The number of ketones is 1. The Morgan fingerprint density at radius 2 is 1.54 bits per heavy atom. The molecule has 7 heteroatoms. The number of rotatable bonds is 8. The fourth-order valence-electron chi connectivity index (χ4n) is 2.26.